The Labute approximate surface area is 749 Å². The average Bonchev–Trinajstić information content (AvgIpc) is 1.62. The molecule has 6 fully saturated rings. The van der Waals surface area contributed by atoms with Crippen LogP contribution in [0.25, 0.3) is 64.6 Å². The second-order valence-electron chi connectivity index (χ2n) is 31.4. The summed E-state index contributed by atoms with van der Waals surface area (Å²) < 4.78 is 133. The highest BCUT2D eigenvalue weighted by Gasteiger charge is 2.52. The molecular formula is C84H87Br4ClN14O16S4. The fraction of sp³-hybridized carbons (Fsp3) is 0.333. The fourth-order valence-electron chi connectivity index (χ4n) is 16.4. The zero-order valence-electron chi connectivity index (χ0n) is 67.8. The first-order chi connectivity index (χ1) is 58.3. The molecule has 6 saturated heterocycles. The van der Waals surface area contributed by atoms with Gasteiger partial charge < -0.3 is 39.8 Å². The second-order valence-corrected chi connectivity index (χ2v) is 43.0. The molecule has 0 bridgehead atoms. The number of likely N-dealkylation sites (tertiary alicyclic amines) is 2. The Hall–Kier alpha value is -9.03. The third kappa shape index (κ3) is 19.7. The van der Waals surface area contributed by atoms with Crippen LogP contribution >= 0.6 is 74.4 Å². The second kappa shape index (κ2) is 37.6. The number of sulfonamides is 3. The summed E-state index contributed by atoms with van der Waals surface area (Å²) in [5.74, 6) is 0.909. The van der Waals surface area contributed by atoms with E-state index in [4.69, 9.17) is 35.4 Å². The number of aromatic nitrogens is 6. The number of carbonyl (C=O) groups is 2. The first-order valence-corrected chi connectivity index (χ1v) is 48.7. The highest BCUT2D eigenvalue weighted by Crippen LogP contribution is 2.44. The number of nitrogen functional groups attached to an aromatic ring is 1. The lowest BCUT2D eigenvalue weighted by molar-refractivity contribution is -0.383. The maximum absolute atomic E-state index is 13.7. The fourth-order valence-corrected chi connectivity index (χ4v) is 25.9. The van der Waals surface area contributed by atoms with Crippen LogP contribution in [0.4, 0.5) is 21.0 Å². The molecule has 6 aliphatic rings. The minimum Gasteiger partial charge on any atom is -0.494 e. The average molecular weight is 2030 g/mol. The van der Waals surface area contributed by atoms with E-state index in [2.05, 4.69) is 98.9 Å². The molecule has 6 aromatic heterocycles. The number of nitrogens with zero attached hydrogens (tertiary/aromatic N) is 12. The number of pyridine rings is 6. The zero-order valence-corrected chi connectivity index (χ0v) is 78.1. The Morgan fingerprint density at radius 3 is 1.15 bits per heavy atom. The van der Waals surface area contributed by atoms with Gasteiger partial charge >= 0.3 is 12.2 Å². The lowest BCUT2D eigenvalue weighted by Gasteiger charge is -2.28. The van der Waals surface area contributed by atoms with E-state index in [-0.39, 0.29) is 68.8 Å². The van der Waals surface area contributed by atoms with Crippen LogP contribution in [-0.4, -0.2) is 204 Å². The predicted octanol–water partition coefficient (Wildman–Crippen LogP) is 16.6. The third-order valence-electron chi connectivity index (χ3n) is 21.6. The molecule has 6 aliphatic heterocycles. The van der Waals surface area contributed by atoms with Crippen molar-refractivity contribution in [3.05, 3.63) is 212 Å². The number of ether oxygens (including phenoxy) is 4. The number of amides is 2. The summed E-state index contributed by atoms with van der Waals surface area (Å²) in [6.45, 7) is 14.1. The molecule has 0 spiro atoms. The number of hydrogen-bond acceptors (Lipinski definition) is 24. The number of methoxy groups -OCH3 is 2. The van der Waals surface area contributed by atoms with Crippen LogP contribution < -0.4 is 20.5 Å². The number of nitro benzene ring substituents is 1. The molecule has 0 unspecified atom stereocenters. The van der Waals surface area contributed by atoms with E-state index in [1.807, 2.05) is 77.9 Å². The van der Waals surface area contributed by atoms with E-state index < -0.39 is 55.2 Å². The van der Waals surface area contributed by atoms with Crippen LogP contribution in [0.3, 0.4) is 0 Å². The summed E-state index contributed by atoms with van der Waals surface area (Å²) >= 11 is 13.4. The van der Waals surface area contributed by atoms with Gasteiger partial charge in [0.15, 0.2) is 0 Å². The Morgan fingerprint density at radius 2 is 0.756 bits per heavy atom. The van der Waals surface area contributed by atoms with Crippen LogP contribution in [0, 0.1) is 10.1 Å². The molecule has 6 atom stereocenters. The molecular weight excluding hydrogens is 1940 g/mol. The van der Waals surface area contributed by atoms with Crippen molar-refractivity contribution >= 4 is 202 Å². The monoisotopic (exact) mass is 2030 g/mol. The van der Waals surface area contributed by atoms with Gasteiger partial charge in [0.25, 0.3) is 14.7 Å². The summed E-state index contributed by atoms with van der Waals surface area (Å²) in [5.41, 5.74) is 5.50. The molecule has 648 valence electrons. The van der Waals surface area contributed by atoms with Gasteiger partial charge in [0.05, 0.1) is 73.1 Å². The molecule has 12 heterocycles. The first-order valence-electron chi connectivity index (χ1n) is 38.9. The number of carbonyl (C=O) groups excluding carboxylic acids is 2. The van der Waals surface area contributed by atoms with Crippen LogP contribution in [0.15, 0.2) is 221 Å². The SMILES string of the molecule is CC(C)(C)OC(=O)N1CC[C@H]2[C@@H]1CCN2S(=O)(=O)c1cccc2cncc(Br)c12.COc1cncc2cccc(S(=O)(=O)N3CC[C@@H]4NCC[C@@H]43)c12.COc1cncc2cccc(S(=O)(=O)N3CC[C@H]4[C@@H]3CCN4C(=O)OC(C)(C)C)c12.Nc1cccc2cncc(Br)c12.O=S(=O)(Cl)c1cccc2cncc(Br)c12.O=[N+]([O-])c1cccc2cncc(Br)c12. The van der Waals surface area contributed by atoms with Gasteiger partial charge in [-0.1, -0.05) is 72.8 Å². The topological polar surface area (TPSA) is 382 Å². The maximum atomic E-state index is 13.7. The Kier molecular flexibility index (Phi) is 28.1. The standard InChI is InChI=1S/C21H27N3O5S.C20H24BrN3O4S.C16H19N3O3S.C9H5BrClNO2S.C9H5BrN2O2.C9H7BrN2/c1-21(2,3)29-20(25)23-10-8-16-15(23)9-11-24(16)30(26,27)18-7-5-6-14-12-22-13-17(28-4)19(14)18;1-20(2,3)28-19(25)23-9-7-16-15(23)8-10-24(16)29(26,27)17-6-4-5-13-11-22-12-14(21)18(13)17;1-22-14-10-17-9-11-3-2-4-15(16(11)14)23(20,21)19-8-6-12-13(19)5-7-18-12;10-7-5-12-4-6-2-1-3-8(9(6)7)15(11,13)14;10-7-5-11-4-6-2-1-3-8(9(6)7)12(13)14;10-7-5-12-4-6-2-1-3-8(11)9(6)7/h5-7,12-13,15-16H,8-11H2,1-4H3;4-6,11-12,15-16H,7-10H2,1-3H3;2-4,9-10,12-13,18H,5-8H2,1H3;1-5H;1-5H;1-5H,11H2/t2*15-,16-;12-,13-;;;/m000.../s1. The quantitative estimate of drug-likeness (QED) is 0.0556. The van der Waals surface area contributed by atoms with Crippen molar-refractivity contribution in [2.24, 2.45) is 0 Å². The maximum Gasteiger partial charge on any atom is 0.410 e. The Morgan fingerprint density at radius 1 is 0.431 bits per heavy atom. The van der Waals surface area contributed by atoms with Gasteiger partial charge in [0.1, 0.15) is 22.7 Å². The normalized spacial score (nSPS) is 19.1. The van der Waals surface area contributed by atoms with Gasteiger partial charge in [-0.3, -0.25) is 40.0 Å². The highest BCUT2D eigenvalue weighted by molar-refractivity contribution is 9.11. The van der Waals surface area contributed by atoms with Crippen LogP contribution in [-0.2, 0) is 48.6 Å². The summed E-state index contributed by atoms with van der Waals surface area (Å²) in [6, 6.07) is 30.7. The Bertz CT molecular complexity index is 6490. The molecule has 30 nitrogen and oxygen atoms in total. The van der Waals surface area contributed by atoms with E-state index >= 15 is 0 Å². The molecule has 0 radical (unpaired) electrons. The van der Waals surface area contributed by atoms with Crippen molar-refractivity contribution < 1.29 is 67.1 Å². The molecule has 2 amide bonds. The van der Waals surface area contributed by atoms with Gasteiger partial charge in [-0.05, 0) is 181 Å². The predicted molar refractivity (Wildman–Crippen MR) is 484 cm³/mol. The summed E-state index contributed by atoms with van der Waals surface area (Å²) in [6.07, 6.45) is 22.9. The smallest absolute Gasteiger partial charge is 0.410 e. The number of anilines is 1. The van der Waals surface area contributed by atoms with Crippen molar-refractivity contribution in [3.8, 4) is 11.5 Å². The summed E-state index contributed by atoms with van der Waals surface area (Å²) in [7, 11) is -6.45. The molecule has 18 rings (SSSR count). The molecule has 123 heavy (non-hydrogen) atoms. The molecule has 6 aromatic carbocycles. The molecule has 3 N–H and O–H groups in total. The molecule has 0 saturated carbocycles. The lowest BCUT2D eigenvalue weighted by atomic mass is 10.1. The molecule has 0 aliphatic carbocycles. The van der Waals surface area contributed by atoms with Crippen molar-refractivity contribution in [3.63, 3.8) is 0 Å². The van der Waals surface area contributed by atoms with Gasteiger partial charge in [-0.15, -0.1) is 0 Å². The van der Waals surface area contributed by atoms with Crippen LogP contribution in [0.2, 0.25) is 0 Å². The third-order valence-corrected chi connectivity index (χ3v) is 31.3. The minimum absolute atomic E-state index is 0.0584. The minimum atomic E-state index is -3.79. The molecule has 39 heteroatoms. The van der Waals surface area contributed by atoms with Crippen molar-refractivity contribution in [2.45, 2.75) is 147 Å². The van der Waals surface area contributed by atoms with Crippen molar-refractivity contribution in [2.75, 3.05) is 59.2 Å². The Balaban J connectivity index is 0.000000131. The lowest BCUT2D eigenvalue weighted by Crippen LogP contribution is -2.43. The number of nitrogens with one attached hydrogen (secondary N) is 1. The van der Waals surface area contributed by atoms with E-state index in [1.54, 1.807) is 141 Å². The van der Waals surface area contributed by atoms with E-state index in [1.165, 1.54) is 43.1 Å². The number of hydrogen-bond donors (Lipinski definition) is 2. The van der Waals surface area contributed by atoms with E-state index in [0.29, 0.717) is 121 Å². The van der Waals surface area contributed by atoms with Gasteiger partial charge in [0.2, 0.25) is 30.1 Å². The number of rotatable bonds is 10. The largest absolute Gasteiger partial charge is 0.494 e. The van der Waals surface area contributed by atoms with Gasteiger partial charge in [-0.2, -0.15) is 12.9 Å². The summed E-state index contributed by atoms with van der Waals surface area (Å²) in [4.78, 5) is 64.1. The van der Waals surface area contributed by atoms with Gasteiger partial charge in [-0.25, -0.2) is 43.3 Å². The van der Waals surface area contributed by atoms with Crippen LogP contribution in [0.1, 0.15) is 80.1 Å². The van der Waals surface area contributed by atoms with E-state index in [9.17, 15) is 53.4 Å². The number of nitrogens with two attached hydrogens (primary N) is 1. The highest BCUT2D eigenvalue weighted by atomic mass is 79.9. The number of non-ortho nitro benzene ring substituents is 1. The summed E-state index contributed by atoms with van der Waals surface area (Å²) in [5, 5.41) is 22.9. The number of halogens is 5. The number of benzene rings is 6. The first kappa shape index (κ1) is 91.7. The number of nitro groups is 1. The van der Waals surface area contributed by atoms with Crippen LogP contribution in [0.5, 0.6) is 11.5 Å². The van der Waals surface area contributed by atoms with Crippen molar-refractivity contribution in [1.82, 2.24) is 57.9 Å². The molecule has 12 aromatic rings. The van der Waals surface area contributed by atoms with E-state index in [0.717, 1.165) is 61.9 Å². The zero-order chi connectivity index (χ0) is 88.4. The van der Waals surface area contributed by atoms with Crippen molar-refractivity contribution in [1.29, 1.82) is 0 Å². The van der Waals surface area contributed by atoms with Gasteiger partial charge in [0, 0.05) is 214 Å². The number of fused-ring (bicyclic) bond motifs is 9.